The Bertz CT molecular complexity index is 429. The van der Waals surface area contributed by atoms with E-state index in [4.69, 9.17) is 4.74 Å². The van der Waals surface area contributed by atoms with E-state index in [9.17, 15) is 0 Å². The van der Waals surface area contributed by atoms with Crippen LogP contribution in [0.2, 0.25) is 0 Å². The molecule has 3 saturated heterocycles. The van der Waals surface area contributed by atoms with Gasteiger partial charge in [-0.1, -0.05) is 6.07 Å². The fraction of sp³-hybridized carbons (Fsp3) is 0.615. The minimum atomic E-state index is 0.698. The highest BCUT2D eigenvalue weighted by Gasteiger charge is 2.54. The molecule has 3 aliphatic rings. The van der Waals surface area contributed by atoms with Crippen molar-refractivity contribution in [3.8, 4) is 0 Å². The number of nitrogens with zero attached hydrogens (tertiary/aromatic N) is 3. The van der Waals surface area contributed by atoms with E-state index in [0.29, 0.717) is 12.1 Å². The first-order chi connectivity index (χ1) is 8.33. The maximum atomic E-state index is 5.26. The third kappa shape index (κ3) is 1.34. The second kappa shape index (κ2) is 3.43. The zero-order chi connectivity index (χ0) is 11.4. The quantitative estimate of drug-likeness (QED) is 0.747. The number of aromatic nitrogens is 1. The van der Waals surface area contributed by atoms with E-state index in [2.05, 4.69) is 33.8 Å². The molecule has 4 heterocycles. The second-order valence-electron chi connectivity index (χ2n) is 5.37. The van der Waals surface area contributed by atoms with Crippen molar-refractivity contribution in [2.45, 2.75) is 25.0 Å². The van der Waals surface area contributed by atoms with Crippen LogP contribution < -0.4 is 4.90 Å². The van der Waals surface area contributed by atoms with Crippen molar-refractivity contribution in [1.82, 2.24) is 9.88 Å². The number of hydrogen-bond acceptors (Lipinski definition) is 4. The van der Waals surface area contributed by atoms with Gasteiger partial charge in [0.1, 0.15) is 5.82 Å². The fourth-order valence-corrected chi connectivity index (χ4v) is 3.02. The van der Waals surface area contributed by atoms with Crippen LogP contribution in [0.15, 0.2) is 18.3 Å². The van der Waals surface area contributed by atoms with Gasteiger partial charge in [0.25, 0.3) is 0 Å². The molecule has 0 spiro atoms. The number of aryl methyl sites for hydroxylation is 1. The monoisotopic (exact) mass is 231 g/mol. The van der Waals surface area contributed by atoms with Gasteiger partial charge < -0.3 is 9.64 Å². The second-order valence-corrected chi connectivity index (χ2v) is 5.37. The summed E-state index contributed by atoms with van der Waals surface area (Å²) in [6.07, 6.45) is 1.96. The number of rotatable bonds is 2. The Morgan fingerprint density at radius 2 is 2.12 bits per heavy atom. The average Bonchev–Trinajstić information content (AvgIpc) is 2.24. The number of likely N-dealkylation sites (tertiary alicyclic amines) is 1. The smallest absolute Gasteiger partial charge is 0.128 e. The summed E-state index contributed by atoms with van der Waals surface area (Å²) in [4.78, 5) is 9.53. The normalized spacial score (nSPS) is 32.4. The van der Waals surface area contributed by atoms with E-state index < -0.39 is 0 Å². The summed E-state index contributed by atoms with van der Waals surface area (Å²) in [5.74, 6) is 1.14. The molecule has 4 rings (SSSR count). The van der Waals surface area contributed by atoms with Gasteiger partial charge in [-0.2, -0.15) is 0 Å². The van der Waals surface area contributed by atoms with Gasteiger partial charge in [0.05, 0.1) is 25.3 Å². The SMILES string of the molecule is Cc1ccc(N2C[C@H]3C2CN3C2COC2)nc1. The lowest BCUT2D eigenvalue weighted by Crippen LogP contribution is -2.82. The van der Waals surface area contributed by atoms with Gasteiger partial charge in [-0.25, -0.2) is 4.98 Å². The van der Waals surface area contributed by atoms with Crippen LogP contribution in [-0.4, -0.2) is 54.3 Å². The van der Waals surface area contributed by atoms with Crippen molar-refractivity contribution in [3.63, 3.8) is 0 Å². The van der Waals surface area contributed by atoms with E-state index in [0.717, 1.165) is 31.6 Å². The number of piperazine rings is 1. The standard InChI is InChI=1S/C13H17N3O/c1-9-2-3-13(14-4-9)16-6-11-12(16)5-15(11)10-7-17-8-10/h2-4,10-12H,5-8H2,1H3/t11-,12?/m0/s1. The molecule has 4 heteroatoms. The van der Waals surface area contributed by atoms with Gasteiger partial charge in [-0.15, -0.1) is 0 Å². The van der Waals surface area contributed by atoms with Crippen molar-refractivity contribution in [1.29, 1.82) is 0 Å². The molecule has 90 valence electrons. The van der Waals surface area contributed by atoms with Gasteiger partial charge in [-0.3, -0.25) is 4.90 Å². The molecule has 0 N–H and O–H groups in total. The number of anilines is 1. The van der Waals surface area contributed by atoms with Gasteiger partial charge in [0, 0.05) is 25.3 Å². The zero-order valence-corrected chi connectivity index (χ0v) is 10.0. The summed E-state index contributed by atoms with van der Waals surface area (Å²) in [5.41, 5.74) is 1.23. The first-order valence-electron chi connectivity index (χ1n) is 6.36. The van der Waals surface area contributed by atoms with Crippen LogP contribution in [0.4, 0.5) is 5.82 Å². The molecule has 1 aromatic heterocycles. The molecule has 3 aliphatic heterocycles. The molecule has 1 aromatic rings. The number of fused-ring (bicyclic) bond motifs is 1. The van der Waals surface area contributed by atoms with Crippen molar-refractivity contribution in [2.75, 3.05) is 31.2 Å². The van der Waals surface area contributed by atoms with Crippen LogP contribution in [-0.2, 0) is 4.74 Å². The van der Waals surface area contributed by atoms with Crippen LogP contribution in [0.3, 0.4) is 0 Å². The molecule has 3 fully saturated rings. The van der Waals surface area contributed by atoms with E-state index in [1.54, 1.807) is 0 Å². The molecule has 0 aromatic carbocycles. The maximum Gasteiger partial charge on any atom is 0.128 e. The van der Waals surface area contributed by atoms with Crippen LogP contribution in [0.25, 0.3) is 0 Å². The molecule has 0 amide bonds. The largest absolute Gasteiger partial charge is 0.378 e. The predicted octanol–water partition coefficient (Wildman–Crippen LogP) is 0.662. The molecule has 4 nitrogen and oxygen atoms in total. The third-order valence-corrected chi connectivity index (χ3v) is 4.33. The molecular weight excluding hydrogens is 214 g/mol. The topological polar surface area (TPSA) is 28.6 Å². The van der Waals surface area contributed by atoms with Crippen molar-refractivity contribution in [2.24, 2.45) is 0 Å². The lowest BCUT2D eigenvalue weighted by Gasteiger charge is -2.65. The van der Waals surface area contributed by atoms with Crippen molar-refractivity contribution >= 4 is 5.82 Å². The molecule has 0 bridgehead atoms. The van der Waals surface area contributed by atoms with Crippen molar-refractivity contribution in [3.05, 3.63) is 23.9 Å². The molecule has 2 atom stereocenters. The summed E-state index contributed by atoms with van der Waals surface area (Å²) in [5, 5.41) is 0. The average molecular weight is 231 g/mol. The highest BCUT2D eigenvalue weighted by Crippen LogP contribution is 2.38. The first-order valence-corrected chi connectivity index (χ1v) is 6.36. The predicted molar refractivity (Wildman–Crippen MR) is 65.2 cm³/mol. The number of hydrogen-bond donors (Lipinski definition) is 0. The molecular formula is C13H17N3O. The van der Waals surface area contributed by atoms with Crippen LogP contribution >= 0.6 is 0 Å². The lowest BCUT2D eigenvalue weighted by molar-refractivity contribution is -0.132. The Kier molecular flexibility index (Phi) is 1.99. The summed E-state index contributed by atoms with van der Waals surface area (Å²) in [7, 11) is 0. The lowest BCUT2D eigenvalue weighted by atomic mass is 9.83. The Morgan fingerprint density at radius 3 is 2.65 bits per heavy atom. The van der Waals surface area contributed by atoms with Crippen LogP contribution in [0, 0.1) is 6.92 Å². The Labute approximate surface area is 101 Å². The first kappa shape index (κ1) is 9.85. The van der Waals surface area contributed by atoms with Crippen molar-refractivity contribution < 1.29 is 4.74 Å². The van der Waals surface area contributed by atoms with Crippen LogP contribution in [0.1, 0.15) is 5.56 Å². The fourth-order valence-electron chi connectivity index (χ4n) is 3.02. The van der Waals surface area contributed by atoms with E-state index in [1.165, 1.54) is 12.1 Å². The van der Waals surface area contributed by atoms with E-state index >= 15 is 0 Å². The minimum Gasteiger partial charge on any atom is -0.378 e. The van der Waals surface area contributed by atoms with Crippen LogP contribution in [0.5, 0.6) is 0 Å². The van der Waals surface area contributed by atoms with E-state index in [-0.39, 0.29) is 0 Å². The molecule has 1 unspecified atom stereocenters. The summed E-state index contributed by atoms with van der Waals surface area (Å²) in [6.45, 7) is 6.28. The Morgan fingerprint density at radius 1 is 1.24 bits per heavy atom. The Hall–Kier alpha value is -1.13. The van der Waals surface area contributed by atoms with E-state index in [1.807, 2.05) is 6.20 Å². The zero-order valence-electron chi connectivity index (χ0n) is 10.0. The summed E-state index contributed by atoms with van der Waals surface area (Å²) >= 11 is 0. The number of pyridine rings is 1. The summed E-state index contributed by atoms with van der Waals surface area (Å²) in [6, 6.07) is 6.44. The Balaban J connectivity index is 1.42. The summed E-state index contributed by atoms with van der Waals surface area (Å²) < 4.78 is 5.26. The molecule has 0 aliphatic carbocycles. The molecule has 0 saturated carbocycles. The van der Waals surface area contributed by atoms with Gasteiger partial charge >= 0.3 is 0 Å². The van der Waals surface area contributed by atoms with Gasteiger partial charge in [0.2, 0.25) is 0 Å². The highest BCUT2D eigenvalue weighted by atomic mass is 16.5. The van der Waals surface area contributed by atoms with Gasteiger partial charge in [0.15, 0.2) is 0 Å². The minimum absolute atomic E-state index is 0.698. The molecule has 17 heavy (non-hydrogen) atoms. The molecule has 0 radical (unpaired) electrons. The highest BCUT2D eigenvalue weighted by molar-refractivity contribution is 5.48. The van der Waals surface area contributed by atoms with Gasteiger partial charge in [-0.05, 0) is 18.6 Å². The number of ether oxygens (including phenoxy) is 1. The third-order valence-electron chi connectivity index (χ3n) is 4.33. The maximum absolute atomic E-state index is 5.26.